The number of aromatic carboxylic acids is 1. The average Bonchev–Trinajstić information content (AvgIpc) is 2.57. The predicted octanol–water partition coefficient (Wildman–Crippen LogP) is 3.38. The molecule has 1 aromatic heterocycles. The van der Waals surface area contributed by atoms with E-state index < -0.39 is 17.5 Å². The number of ether oxygens (including phenoxy) is 2. The molecule has 7 heteroatoms. The highest BCUT2D eigenvalue weighted by atomic mass is 35.5. The van der Waals surface area contributed by atoms with Crippen molar-refractivity contribution in [3.8, 4) is 5.75 Å². The highest BCUT2D eigenvalue weighted by Gasteiger charge is 2.32. The smallest absolute Gasteiger partial charge is 0.349 e. The summed E-state index contributed by atoms with van der Waals surface area (Å²) in [5.74, 6) is -1.14. The van der Waals surface area contributed by atoms with Crippen molar-refractivity contribution < 1.29 is 24.2 Å². The second kappa shape index (κ2) is 7.98. The van der Waals surface area contributed by atoms with Crippen molar-refractivity contribution >= 4 is 23.5 Å². The fraction of sp³-hybridized carbons (Fsp3) is 0.278. The van der Waals surface area contributed by atoms with Gasteiger partial charge in [-0.2, -0.15) is 0 Å². The number of esters is 1. The third-order valence-corrected chi connectivity index (χ3v) is 3.62. The van der Waals surface area contributed by atoms with Crippen LogP contribution in [0.15, 0.2) is 42.6 Å². The Balaban J connectivity index is 1.93. The van der Waals surface area contributed by atoms with Crippen LogP contribution in [0.2, 0.25) is 5.02 Å². The van der Waals surface area contributed by atoms with Crippen molar-refractivity contribution in [1.29, 1.82) is 0 Å². The molecule has 0 saturated carbocycles. The Morgan fingerprint density at radius 3 is 2.52 bits per heavy atom. The lowest BCUT2D eigenvalue weighted by molar-refractivity contribution is -0.159. The zero-order valence-corrected chi connectivity index (χ0v) is 14.6. The van der Waals surface area contributed by atoms with Gasteiger partial charge in [0, 0.05) is 17.6 Å². The number of pyridine rings is 1. The molecule has 0 aliphatic carbocycles. The summed E-state index contributed by atoms with van der Waals surface area (Å²) in [7, 11) is 0. The van der Waals surface area contributed by atoms with Crippen LogP contribution < -0.4 is 4.74 Å². The number of nitrogens with zero attached hydrogens (tertiary/aromatic N) is 1. The van der Waals surface area contributed by atoms with Gasteiger partial charge in [-0.25, -0.2) is 9.59 Å². The average molecular weight is 364 g/mol. The van der Waals surface area contributed by atoms with E-state index in [1.165, 1.54) is 12.3 Å². The molecule has 0 radical (unpaired) electrons. The lowest BCUT2D eigenvalue weighted by atomic mass is 10.1. The fourth-order valence-corrected chi connectivity index (χ4v) is 2.21. The zero-order valence-electron chi connectivity index (χ0n) is 13.9. The summed E-state index contributed by atoms with van der Waals surface area (Å²) in [5.41, 5.74) is -0.748. The molecule has 0 aliphatic heterocycles. The van der Waals surface area contributed by atoms with E-state index in [1.807, 2.05) is 0 Å². The summed E-state index contributed by atoms with van der Waals surface area (Å²) in [4.78, 5) is 27.4. The van der Waals surface area contributed by atoms with Crippen LogP contribution in [0.1, 0.15) is 29.9 Å². The minimum absolute atomic E-state index is 0.00351. The summed E-state index contributed by atoms with van der Waals surface area (Å²) in [6.07, 6.45) is 1.70. The molecule has 6 nitrogen and oxygen atoms in total. The summed E-state index contributed by atoms with van der Waals surface area (Å²) >= 11 is 5.81. The van der Waals surface area contributed by atoms with E-state index >= 15 is 0 Å². The predicted molar refractivity (Wildman–Crippen MR) is 92.0 cm³/mol. The number of carbonyl (C=O) groups excluding carboxylic acids is 1. The summed E-state index contributed by atoms with van der Waals surface area (Å²) in [6, 6.07) is 9.64. The van der Waals surface area contributed by atoms with Crippen molar-refractivity contribution in [2.45, 2.75) is 25.9 Å². The molecule has 0 saturated heterocycles. The van der Waals surface area contributed by atoms with Crippen LogP contribution in [0, 0.1) is 0 Å². The maximum absolute atomic E-state index is 12.2. The lowest BCUT2D eigenvalue weighted by Gasteiger charge is -2.24. The molecule has 0 fully saturated rings. The summed E-state index contributed by atoms with van der Waals surface area (Å²) in [5, 5.41) is 9.68. The van der Waals surface area contributed by atoms with Gasteiger partial charge in [-0.05, 0) is 50.2 Å². The highest BCUT2D eigenvalue weighted by molar-refractivity contribution is 6.30. The van der Waals surface area contributed by atoms with Gasteiger partial charge in [-0.15, -0.1) is 0 Å². The monoisotopic (exact) mass is 363 g/mol. The normalized spacial score (nSPS) is 11.0. The van der Waals surface area contributed by atoms with Gasteiger partial charge < -0.3 is 14.6 Å². The maximum atomic E-state index is 12.2. The molecule has 0 atom stereocenters. The quantitative estimate of drug-likeness (QED) is 0.759. The number of hydrogen-bond donors (Lipinski definition) is 1. The van der Waals surface area contributed by atoms with Crippen molar-refractivity contribution in [3.05, 3.63) is 58.9 Å². The Morgan fingerprint density at radius 1 is 1.20 bits per heavy atom. The Hall–Kier alpha value is -2.60. The first-order valence-corrected chi connectivity index (χ1v) is 7.96. The van der Waals surface area contributed by atoms with Crippen LogP contribution >= 0.6 is 11.6 Å². The van der Waals surface area contributed by atoms with E-state index in [9.17, 15) is 9.59 Å². The zero-order chi connectivity index (χ0) is 18.4. The number of aromatic nitrogens is 1. The van der Waals surface area contributed by atoms with Crippen LogP contribution in [-0.2, 0) is 16.0 Å². The molecule has 0 spiro atoms. The Bertz CT molecular complexity index is 758. The summed E-state index contributed by atoms with van der Waals surface area (Å²) < 4.78 is 10.9. The SMILES string of the molecule is CC(C)(Oc1ccc(Cl)cc1)C(=O)OCCc1ncccc1C(=O)O. The molecular weight excluding hydrogens is 346 g/mol. The second-order valence-electron chi connectivity index (χ2n) is 5.76. The fourth-order valence-electron chi connectivity index (χ4n) is 2.09. The summed E-state index contributed by atoms with van der Waals surface area (Å²) in [6.45, 7) is 3.18. The molecule has 1 heterocycles. The van der Waals surface area contributed by atoms with Crippen molar-refractivity contribution in [2.24, 2.45) is 0 Å². The second-order valence-corrected chi connectivity index (χ2v) is 6.19. The number of benzene rings is 1. The molecule has 1 N–H and O–H groups in total. The molecule has 0 unspecified atom stereocenters. The molecule has 1 aromatic carbocycles. The van der Waals surface area contributed by atoms with Crippen LogP contribution in [0.3, 0.4) is 0 Å². The third kappa shape index (κ3) is 5.19. The van der Waals surface area contributed by atoms with Gasteiger partial charge in [0.1, 0.15) is 5.75 Å². The van der Waals surface area contributed by atoms with Gasteiger partial charge >= 0.3 is 11.9 Å². The third-order valence-electron chi connectivity index (χ3n) is 3.37. The van der Waals surface area contributed by atoms with Gasteiger partial charge in [0.15, 0.2) is 5.60 Å². The Labute approximate surface area is 150 Å². The van der Waals surface area contributed by atoms with Gasteiger partial charge in [-0.3, -0.25) is 4.98 Å². The number of carboxylic acid groups (broad SMARTS) is 1. The van der Waals surface area contributed by atoms with Crippen LogP contribution in [0.5, 0.6) is 5.75 Å². The number of hydrogen-bond acceptors (Lipinski definition) is 5. The first-order chi connectivity index (χ1) is 11.8. The topological polar surface area (TPSA) is 85.7 Å². The molecule has 25 heavy (non-hydrogen) atoms. The Kier molecular flexibility index (Phi) is 5.98. The van der Waals surface area contributed by atoms with Crippen molar-refractivity contribution in [3.63, 3.8) is 0 Å². The van der Waals surface area contributed by atoms with E-state index in [1.54, 1.807) is 44.2 Å². The largest absolute Gasteiger partial charge is 0.478 e. The van der Waals surface area contributed by atoms with E-state index in [-0.39, 0.29) is 18.6 Å². The first kappa shape index (κ1) is 18.7. The van der Waals surface area contributed by atoms with Gasteiger partial charge in [0.2, 0.25) is 0 Å². The van der Waals surface area contributed by atoms with Crippen molar-refractivity contribution in [1.82, 2.24) is 4.98 Å². The highest BCUT2D eigenvalue weighted by Crippen LogP contribution is 2.21. The Morgan fingerprint density at radius 2 is 1.88 bits per heavy atom. The molecule has 0 bridgehead atoms. The lowest BCUT2D eigenvalue weighted by Crippen LogP contribution is -2.40. The molecule has 0 amide bonds. The molecule has 2 rings (SSSR count). The number of halogens is 1. The maximum Gasteiger partial charge on any atom is 0.349 e. The molecule has 0 aliphatic rings. The first-order valence-electron chi connectivity index (χ1n) is 7.58. The number of carboxylic acids is 1. The standard InChI is InChI=1S/C18H18ClNO5/c1-18(2,25-13-7-5-12(19)6-8-13)17(23)24-11-9-15-14(16(21)22)4-3-10-20-15/h3-8,10H,9,11H2,1-2H3,(H,21,22). The van der Waals surface area contributed by atoms with Crippen LogP contribution in [0.4, 0.5) is 0 Å². The molecule has 132 valence electrons. The van der Waals surface area contributed by atoms with Gasteiger partial charge in [-0.1, -0.05) is 11.6 Å². The van der Waals surface area contributed by atoms with Gasteiger partial charge in [0.25, 0.3) is 0 Å². The van der Waals surface area contributed by atoms with E-state index in [0.717, 1.165) is 0 Å². The molecule has 2 aromatic rings. The number of rotatable bonds is 7. The van der Waals surface area contributed by atoms with Crippen LogP contribution in [-0.4, -0.2) is 34.2 Å². The van der Waals surface area contributed by atoms with E-state index in [4.69, 9.17) is 26.2 Å². The molecular formula is C18H18ClNO5. The minimum atomic E-state index is -1.20. The minimum Gasteiger partial charge on any atom is -0.478 e. The van der Waals surface area contributed by atoms with Crippen molar-refractivity contribution in [2.75, 3.05) is 6.61 Å². The van der Waals surface area contributed by atoms with E-state index in [2.05, 4.69) is 4.98 Å². The van der Waals surface area contributed by atoms with E-state index in [0.29, 0.717) is 16.5 Å². The van der Waals surface area contributed by atoms with Crippen LogP contribution in [0.25, 0.3) is 0 Å². The number of carbonyl (C=O) groups is 2. The van der Waals surface area contributed by atoms with Gasteiger partial charge in [0.05, 0.1) is 17.9 Å².